The second-order valence-electron chi connectivity index (χ2n) is 4.89. The maximum absolute atomic E-state index is 12.0. The summed E-state index contributed by atoms with van der Waals surface area (Å²) >= 11 is 0. The van der Waals surface area contributed by atoms with Crippen molar-refractivity contribution in [1.82, 2.24) is 5.32 Å². The highest BCUT2D eigenvalue weighted by atomic mass is 16.5. The number of rotatable bonds is 9. The van der Waals surface area contributed by atoms with Crippen molar-refractivity contribution < 1.29 is 24.2 Å². The predicted octanol–water partition coefficient (Wildman–Crippen LogP) is 2.47. The zero-order valence-electron chi connectivity index (χ0n) is 13.2. The van der Waals surface area contributed by atoms with E-state index < -0.39 is 17.9 Å². The van der Waals surface area contributed by atoms with Crippen LogP contribution in [-0.2, 0) is 4.79 Å². The van der Waals surface area contributed by atoms with Crippen LogP contribution in [0.1, 0.15) is 44.0 Å². The van der Waals surface area contributed by atoms with Gasteiger partial charge in [0.1, 0.15) is 6.04 Å². The first-order chi connectivity index (χ1) is 10.5. The van der Waals surface area contributed by atoms with Gasteiger partial charge in [-0.05, 0) is 38.0 Å². The molecule has 0 spiro atoms. The Kier molecular flexibility index (Phi) is 7.22. The van der Waals surface area contributed by atoms with Crippen LogP contribution >= 0.6 is 0 Å². The van der Waals surface area contributed by atoms with Gasteiger partial charge in [-0.2, -0.15) is 0 Å². The zero-order valence-corrected chi connectivity index (χ0v) is 13.2. The highest BCUT2D eigenvalue weighted by molar-refractivity contribution is 5.97. The fraction of sp³-hybridized carbons (Fsp3) is 0.500. The molecule has 1 amide bonds. The van der Waals surface area contributed by atoms with Crippen LogP contribution in [0.3, 0.4) is 0 Å². The molecule has 6 heteroatoms. The number of carbonyl (C=O) groups is 2. The summed E-state index contributed by atoms with van der Waals surface area (Å²) in [5.41, 5.74) is 0.336. The topological polar surface area (TPSA) is 84.9 Å². The van der Waals surface area contributed by atoms with Crippen LogP contribution in [0.25, 0.3) is 0 Å². The largest absolute Gasteiger partial charge is 0.490 e. The zero-order chi connectivity index (χ0) is 16.5. The number of nitrogens with one attached hydrogen (secondary N) is 1. The Morgan fingerprint density at radius 1 is 1.14 bits per heavy atom. The van der Waals surface area contributed by atoms with Gasteiger partial charge in [0.05, 0.1) is 13.2 Å². The minimum atomic E-state index is -1.08. The van der Waals surface area contributed by atoms with Crippen LogP contribution in [0.5, 0.6) is 11.5 Å². The van der Waals surface area contributed by atoms with Crippen molar-refractivity contribution in [1.29, 1.82) is 0 Å². The van der Waals surface area contributed by atoms with Crippen LogP contribution in [0.15, 0.2) is 18.2 Å². The van der Waals surface area contributed by atoms with E-state index in [1.807, 2.05) is 13.8 Å². The predicted molar refractivity (Wildman–Crippen MR) is 82.6 cm³/mol. The number of hydrogen-bond acceptors (Lipinski definition) is 4. The molecule has 6 nitrogen and oxygen atoms in total. The summed E-state index contributed by atoms with van der Waals surface area (Å²) in [7, 11) is 0. The van der Waals surface area contributed by atoms with E-state index in [1.165, 1.54) is 6.92 Å². The van der Waals surface area contributed by atoms with E-state index in [9.17, 15) is 9.59 Å². The molecular weight excluding hydrogens is 286 g/mol. The average molecular weight is 309 g/mol. The standard InChI is InChI=1S/C16H23NO5/c1-4-8-21-13-7-6-12(10-14(13)22-9-5-2)15(18)17-11(3)16(19)20/h6-7,10-11H,4-5,8-9H2,1-3H3,(H,17,18)(H,19,20)/t11-/m0/s1. The second kappa shape index (κ2) is 8.92. The second-order valence-corrected chi connectivity index (χ2v) is 4.89. The Bertz CT molecular complexity index is 515. The Hall–Kier alpha value is -2.24. The van der Waals surface area contributed by atoms with Gasteiger partial charge < -0.3 is 19.9 Å². The van der Waals surface area contributed by atoms with Gasteiger partial charge in [0.25, 0.3) is 5.91 Å². The summed E-state index contributed by atoms with van der Waals surface area (Å²) in [6, 6.07) is 3.88. The molecule has 1 rings (SSSR count). The minimum Gasteiger partial charge on any atom is -0.490 e. The first kappa shape index (κ1) is 17.8. The summed E-state index contributed by atoms with van der Waals surface area (Å²) in [5.74, 6) is -0.471. The molecule has 0 radical (unpaired) electrons. The van der Waals surface area contributed by atoms with Crippen molar-refractivity contribution in [2.24, 2.45) is 0 Å². The summed E-state index contributed by atoms with van der Waals surface area (Å²) in [6.07, 6.45) is 1.70. The molecule has 0 aliphatic carbocycles. The van der Waals surface area contributed by atoms with Gasteiger partial charge >= 0.3 is 5.97 Å². The lowest BCUT2D eigenvalue weighted by Crippen LogP contribution is -2.38. The summed E-state index contributed by atoms with van der Waals surface area (Å²) in [4.78, 5) is 22.8. The summed E-state index contributed by atoms with van der Waals surface area (Å²) in [5, 5.41) is 11.2. The first-order valence-corrected chi connectivity index (χ1v) is 7.42. The molecule has 1 atom stereocenters. The number of ether oxygens (including phenoxy) is 2. The Balaban J connectivity index is 2.91. The van der Waals surface area contributed by atoms with Gasteiger partial charge in [-0.3, -0.25) is 9.59 Å². The molecule has 0 saturated carbocycles. The maximum atomic E-state index is 12.0. The third-order valence-electron chi connectivity index (χ3n) is 2.85. The molecule has 0 aliphatic heterocycles. The van der Waals surface area contributed by atoms with Gasteiger partial charge in [0.15, 0.2) is 11.5 Å². The van der Waals surface area contributed by atoms with Crippen molar-refractivity contribution in [2.45, 2.75) is 39.7 Å². The lowest BCUT2D eigenvalue weighted by molar-refractivity contribution is -0.138. The van der Waals surface area contributed by atoms with E-state index in [2.05, 4.69) is 5.32 Å². The molecule has 0 bridgehead atoms. The van der Waals surface area contributed by atoms with Crippen LogP contribution in [-0.4, -0.2) is 36.2 Å². The number of aliphatic carboxylic acids is 1. The van der Waals surface area contributed by atoms with Crippen LogP contribution in [0.2, 0.25) is 0 Å². The molecule has 0 aliphatic rings. The van der Waals surface area contributed by atoms with Crippen molar-refractivity contribution in [3.8, 4) is 11.5 Å². The normalized spacial score (nSPS) is 11.6. The van der Waals surface area contributed by atoms with Crippen LogP contribution in [0, 0.1) is 0 Å². The molecule has 0 saturated heterocycles. The van der Waals surface area contributed by atoms with E-state index in [0.717, 1.165) is 12.8 Å². The number of benzene rings is 1. The van der Waals surface area contributed by atoms with Crippen molar-refractivity contribution in [3.05, 3.63) is 23.8 Å². The molecule has 2 N–H and O–H groups in total. The van der Waals surface area contributed by atoms with Gasteiger partial charge in [0.2, 0.25) is 0 Å². The van der Waals surface area contributed by atoms with Crippen LogP contribution in [0.4, 0.5) is 0 Å². The number of amides is 1. The van der Waals surface area contributed by atoms with Crippen molar-refractivity contribution in [2.75, 3.05) is 13.2 Å². The van der Waals surface area contributed by atoms with E-state index in [4.69, 9.17) is 14.6 Å². The van der Waals surface area contributed by atoms with E-state index in [0.29, 0.717) is 30.3 Å². The summed E-state index contributed by atoms with van der Waals surface area (Å²) in [6.45, 7) is 6.47. The number of carboxylic acid groups (broad SMARTS) is 1. The van der Waals surface area contributed by atoms with Gasteiger partial charge in [-0.15, -0.1) is 0 Å². The third kappa shape index (κ3) is 5.27. The first-order valence-electron chi connectivity index (χ1n) is 7.42. The molecule has 122 valence electrons. The molecule has 0 unspecified atom stereocenters. The lowest BCUT2D eigenvalue weighted by Gasteiger charge is -2.14. The maximum Gasteiger partial charge on any atom is 0.325 e. The lowest BCUT2D eigenvalue weighted by atomic mass is 10.1. The molecule has 0 fully saturated rings. The van der Waals surface area contributed by atoms with Crippen molar-refractivity contribution >= 4 is 11.9 Å². The number of carbonyl (C=O) groups excluding carboxylic acids is 1. The Morgan fingerprint density at radius 3 is 2.27 bits per heavy atom. The fourth-order valence-corrected chi connectivity index (χ4v) is 1.65. The van der Waals surface area contributed by atoms with Gasteiger partial charge in [-0.25, -0.2) is 0 Å². The fourth-order valence-electron chi connectivity index (χ4n) is 1.65. The monoisotopic (exact) mass is 309 g/mol. The van der Waals surface area contributed by atoms with Gasteiger partial charge in [0, 0.05) is 5.56 Å². The smallest absolute Gasteiger partial charge is 0.325 e. The molecule has 1 aromatic carbocycles. The average Bonchev–Trinajstić information content (AvgIpc) is 2.50. The minimum absolute atomic E-state index is 0.336. The molecule has 1 aromatic rings. The molecule has 0 heterocycles. The number of carboxylic acids is 1. The number of hydrogen-bond donors (Lipinski definition) is 2. The quantitative estimate of drug-likeness (QED) is 0.732. The van der Waals surface area contributed by atoms with E-state index >= 15 is 0 Å². The van der Waals surface area contributed by atoms with E-state index in [-0.39, 0.29) is 0 Å². The molecule has 0 aromatic heterocycles. The van der Waals surface area contributed by atoms with Gasteiger partial charge in [-0.1, -0.05) is 13.8 Å². The Labute approximate surface area is 130 Å². The molecule has 22 heavy (non-hydrogen) atoms. The Morgan fingerprint density at radius 2 is 1.73 bits per heavy atom. The third-order valence-corrected chi connectivity index (χ3v) is 2.85. The van der Waals surface area contributed by atoms with E-state index in [1.54, 1.807) is 18.2 Å². The van der Waals surface area contributed by atoms with Crippen molar-refractivity contribution in [3.63, 3.8) is 0 Å². The summed E-state index contributed by atoms with van der Waals surface area (Å²) < 4.78 is 11.2. The SMILES string of the molecule is CCCOc1ccc(C(=O)N[C@@H](C)C(=O)O)cc1OCCC. The van der Waals surface area contributed by atoms with Crippen LogP contribution < -0.4 is 14.8 Å². The molecular formula is C16H23NO5. The highest BCUT2D eigenvalue weighted by Crippen LogP contribution is 2.29. The highest BCUT2D eigenvalue weighted by Gasteiger charge is 2.17.